The topological polar surface area (TPSA) is 116 Å². The normalized spacial score (nSPS) is 11.7. The summed E-state index contributed by atoms with van der Waals surface area (Å²) in [6.07, 6.45) is 0.318. The molecule has 0 fully saturated rings. The minimum Gasteiger partial charge on any atom is -0.353 e. The Balaban J connectivity index is 1.57. The summed E-state index contributed by atoms with van der Waals surface area (Å²) in [5.74, 6) is -3.43. The molecule has 0 saturated carbocycles. The van der Waals surface area contributed by atoms with Gasteiger partial charge in [0.1, 0.15) is 17.7 Å². The van der Waals surface area contributed by atoms with Crippen molar-refractivity contribution in [3.05, 3.63) is 95.6 Å². The number of carbonyl (C=O) groups is 4. The van der Waals surface area contributed by atoms with Crippen LogP contribution in [0.5, 0.6) is 0 Å². The van der Waals surface area contributed by atoms with E-state index in [0.717, 1.165) is 11.6 Å². The van der Waals surface area contributed by atoms with Crippen molar-refractivity contribution in [3.63, 3.8) is 0 Å². The van der Waals surface area contributed by atoms with E-state index in [-0.39, 0.29) is 43.0 Å². The number of halogens is 2. The quantitative estimate of drug-likeness (QED) is 0.244. The van der Waals surface area contributed by atoms with E-state index in [1.807, 2.05) is 30.3 Å². The fourth-order valence-corrected chi connectivity index (χ4v) is 4.18. The Morgan fingerprint density at radius 3 is 2.14 bits per heavy atom. The molecule has 0 spiro atoms. The predicted molar refractivity (Wildman–Crippen MR) is 156 cm³/mol. The number of aryl methyl sites for hydroxylation is 1. The van der Waals surface area contributed by atoms with Crippen molar-refractivity contribution in [3.8, 4) is 11.1 Å². The summed E-state index contributed by atoms with van der Waals surface area (Å²) in [6, 6.07) is 18.0. The van der Waals surface area contributed by atoms with Crippen LogP contribution in [0.3, 0.4) is 0 Å². The summed E-state index contributed by atoms with van der Waals surface area (Å²) in [6.45, 7) is 5.30. The second kappa shape index (κ2) is 14.9. The number of carbonyl (C=O) groups excluding carboxylic acids is 4. The highest BCUT2D eigenvalue weighted by Crippen LogP contribution is 2.24. The van der Waals surface area contributed by atoms with Gasteiger partial charge in [0.15, 0.2) is 0 Å². The molecule has 0 bridgehead atoms. The lowest BCUT2D eigenvalue weighted by Crippen LogP contribution is -2.51. The molecule has 0 unspecified atom stereocenters. The predicted octanol–water partition coefficient (Wildman–Crippen LogP) is 3.90. The molecule has 1 atom stereocenters. The molecule has 222 valence electrons. The maximum absolute atomic E-state index is 14.4. The van der Waals surface area contributed by atoms with Gasteiger partial charge in [-0.25, -0.2) is 8.78 Å². The molecule has 42 heavy (non-hydrogen) atoms. The summed E-state index contributed by atoms with van der Waals surface area (Å²) in [5.41, 5.74) is 0.729. The number of hydrogen-bond donors (Lipinski definition) is 4. The van der Waals surface area contributed by atoms with E-state index in [9.17, 15) is 28.0 Å². The molecular weight excluding hydrogens is 542 g/mol. The van der Waals surface area contributed by atoms with Crippen LogP contribution in [0.1, 0.15) is 49.5 Å². The highest BCUT2D eigenvalue weighted by Gasteiger charge is 2.25. The summed E-state index contributed by atoms with van der Waals surface area (Å²) >= 11 is 0. The third kappa shape index (κ3) is 10.1. The van der Waals surface area contributed by atoms with Crippen LogP contribution in [0.15, 0.2) is 72.8 Å². The number of hydrogen-bond acceptors (Lipinski definition) is 4. The molecule has 0 saturated heterocycles. The number of benzene rings is 3. The maximum Gasteiger partial charge on any atom is 0.254 e. The van der Waals surface area contributed by atoms with Crippen molar-refractivity contribution in [2.45, 2.75) is 51.6 Å². The molecule has 8 nitrogen and oxygen atoms in total. The van der Waals surface area contributed by atoms with Gasteiger partial charge >= 0.3 is 0 Å². The first-order chi connectivity index (χ1) is 19.9. The minimum absolute atomic E-state index is 0.0452. The number of nitrogens with one attached hydrogen (secondary N) is 4. The second-order valence-electron chi connectivity index (χ2n) is 10.8. The first kappa shape index (κ1) is 31.9. The zero-order chi connectivity index (χ0) is 30.7. The van der Waals surface area contributed by atoms with Crippen LogP contribution in [0.2, 0.25) is 0 Å². The Kier molecular flexibility index (Phi) is 11.3. The smallest absolute Gasteiger partial charge is 0.254 e. The Morgan fingerprint density at radius 2 is 1.45 bits per heavy atom. The van der Waals surface area contributed by atoms with Crippen LogP contribution >= 0.6 is 0 Å². The summed E-state index contributed by atoms with van der Waals surface area (Å²) in [4.78, 5) is 50.8. The standard InChI is InChI=1S/C32H36F2N4O4/c1-32(2,3)38-29(40)20-27(37-28(39)16-13-21-9-5-4-6-10-21)31(42)36-18-17-35-30(41)24-19-22(14-15-26(24)34)23-11-7-8-12-25(23)33/h4-12,14-15,19,27H,13,16-18,20H2,1-3H3,(H,35,41)(H,36,42)(H,37,39)(H,38,40)/t27-/m0/s1. The second-order valence-corrected chi connectivity index (χ2v) is 10.8. The molecule has 3 rings (SSSR count). The van der Waals surface area contributed by atoms with Crippen LogP contribution in [-0.4, -0.2) is 48.3 Å². The van der Waals surface area contributed by atoms with E-state index >= 15 is 0 Å². The van der Waals surface area contributed by atoms with Crippen LogP contribution in [0.4, 0.5) is 8.78 Å². The van der Waals surface area contributed by atoms with Crippen molar-refractivity contribution in [1.29, 1.82) is 0 Å². The highest BCUT2D eigenvalue weighted by molar-refractivity contribution is 5.96. The van der Waals surface area contributed by atoms with Crippen molar-refractivity contribution in [2.24, 2.45) is 0 Å². The average Bonchev–Trinajstić information content (AvgIpc) is 2.94. The van der Waals surface area contributed by atoms with Gasteiger partial charge in [-0.3, -0.25) is 19.2 Å². The molecule has 4 amide bonds. The van der Waals surface area contributed by atoms with E-state index in [0.29, 0.717) is 12.0 Å². The van der Waals surface area contributed by atoms with Crippen molar-refractivity contribution in [1.82, 2.24) is 21.3 Å². The fourth-order valence-electron chi connectivity index (χ4n) is 4.18. The maximum atomic E-state index is 14.4. The molecule has 0 heterocycles. The van der Waals surface area contributed by atoms with Crippen molar-refractivity contribution in [2.75, 3.05) is 13.1 Å². The number of amides is 4. The minimum atomic E-state index is -1.14. The molecule has 0 aliphatic heterocycles. The number of rotatable bonds is 12. The molecule has 4 N–H and O–H groups in total. The zero-order valence-electron chi connectivity index (χ0n) is 23.9. The van der Waals surface area contributed by atoms with Gasteiger partial charge in [-0.1, -0.05) is 54.6 Å². The Hall–Kier alpha value is -4.60. The lowest BCUT2D eigenvalue weighted by atomic mass is 10.0. The molecule has 10 heteroatoms. The van der Waals surface area contributed by atoms with Gasteiger partial charge in [0.25, 0.3) is 5.91 Å². The summed E-state index contributed by atoms with van der Waals surface area (Å²) in [7, 11) is 0. The molecule has 0 aromatic heterocycles. The highest BCUT2D eigenvalue weighted by atomic mass is 19.1. The van der Waals surface area contributed by atoms with Crippen LogP contribution in [0.25, 0.3) is 11.1 Å². The zero-order valence-corrected chi connectivity index (χ0v) is 23.9. The van der Waals surface area contributed by atoms with Crippen LogP contribution < -0.4 is 21.3 Å². The third-order valence-corrected chi connectivity index (χ3v) is 6.14. The van der Waals surface area contributed by atoms with Gasteiger partial charge in [-0.05, 0) is 56.5 Å². The van der Waals surface area contributed by atoms with E-state index < -0.39 is 40.9 Å². The Labute approximate surface area is 244 Å². The first-order valence-electron chi connectivity index (χ1n) is 13.7. The Bertz CT molecular complexity index is 1410. The van der Waals surface area contributed by atoms with Crippen molar-refractivity contribution < 1.29 is 28.0 Å². The molecular formula is C32H36F2N4O4. The van der Waals surface area contributed by atoms with Crippen LogP contribution in [0, 0.1) is 11.6 Å². The third-order valence-electron chi connectivity index (χ3n) is 6.14. The van der Waals surface area contributed by atoms with Gasteiger partial charge in [0.05, 0.1) is 12.0 Å². The monoisotopic (exact) mass is 578 g/mol. The first-order valence-corrected chi connectivity index (χ1v) is 13.7. The fraction of sp³-hybridized carbons (Fsp3) is 0.312. The molecule has 0 aliphatic rings. The molecule has 3 aromatic carbocycles. The van der Waals surface area contributed by atoms with Gasteiger partial charge in [0, 0.05) is 30.6 Å². The SMILES string of the molecule is CC(C)(C)NC(=O)C[C@H](NC(=O)CCc1ccccc1)C(=O)NCCNC(=O)c1cc(-c2ccccc2F)ccc1F. The van der Waals surface area contributed by atoms with Gasteiger partial charge in [0.2, 0.25) is 17.7 Å². The average molecular weight is 579 g/mol. The lowest BCUT2D eigenvalue weighted by molar-refractivity contribution is -0.132. The molecule has 0 aliphatic carbocycles. The van der Waals surface area contributed by atoms with E-state index in [1.165, 1.54) is 30.3 Å². The summed E-state index contributed by atoms with van der Waals surface area (Å²) in [5, 5.41) is 10.5. The Morgan fingerprint density at radius 1 is 0.786 bits per heavy atom. The van der Waals surface area contributed by atoms with E-state index in [1.54, 1.807) is 26.8 Å². The molecule has 0 radical (unpaired) electrons. The molecule has 3 aromatic rings. The van der Waals surface area contributed by atoms with Gasteiger partial charge in [-0.15, -0.1) is 0 Å². The van der Waals surface area contributed by atoms with Gasteiger partial charge < -0.3 is 21.3 Å². The summed E-state index contributed by atoms with van der Waals surface area (Å²) < 4.78 is 28.6. The van der Waals surface area contributed by atoms with Crippen molar-refractivity contribution >= 4 is 23.6 Å². The van der Waals surface area contributed by atoms with E-state index in [2.05, 4.69) is 21.3 Å². The van der Waals surface area contributed by atoms with Gasteiger partial charge in [-0.2, -0.15) is 0 Å². The van der Waals surface area contributed by atoms with Crippen LogP contribution in [-0.2, 0) is 20.8 Å². The largest absolute Gasteiger partial charge is 0.353 e. The lowest BCUT2D eigenvalue weighted by Gasteiger charge is -2.23. The van der Waals surface area contributed by atoms with E-state index in [4.69, 9.17) is 0 Å².